The lowest BCUT2D eigenvalue weighted by Gasteiger charge is -2.15. The van der Waals surface area contributed by atoms with Crippen molar-refractivity contribution < 1.29 is 14.4 Å². The lowest BCUT2D eigenvalue weighted by molar-refractivity contribution is 0.0917. The van der Waals surface area contributed by atoms with E-state index in [0.29, 0.717) is 29.4 Å². The molecule has 0 spiro atoms. The first kappa shape index (κ1) is 17.6. The van der Waals surface area contributed by atoms with Gasteiger partial charge < -0.3 is 14.9 Å². The molecule has 3 rings (SSSR count). The molecule has 2 N–H and O–H groups in total. The van der Waals surface area contributed by atoms with Crippen LogP contribution < -0.4 is 5.32 Å². The van der Waals surface area contributed by atoms with Gasteiger partial charge in [-0.1, -0.05) is 44.5 Å². The van der Waals surface area contributed by atoms with Gasteiger partial charge in [0, 0.05) is 17.9 Å². The minimum atomic E-state index is -0.319. The third-order valence-corrected chi connectivity index (χ3v) is 4.64. The van der Waals surface area contributed by atoms with E-state index in [1.165, 1.54) is 0 Å². The van der Waals surface area contributed by atoms with E-state index in [1.807, 2.05) is 32.9 Å². The summed E-state index contributed by atoms with van der Waals surface area (Å²) in [5.74, 6) is 0.889. The summed E-state index contributed by atoms with van der Waals surface area (Å²) < 4.78 is 5.38. The van der Waals surface area contributed by atoms with Crippen LogP contribution in [0.4, 0.5) is 0 Å². The lowest BCUT2D eigenvalue weighted by Crippen LogP contribution is -2.32. The number of carbonyl (C=O) groups is 1. The highest BCUT2D eigenvalue weighted by Crippen LogP contribution is 2.27. The maximum atomic E-state index is 12.6. The quantitative estimate of drug-likeness (QED) is 0.891. The van der Waals surface area contributed by atoms with Crippen LogP contribution >= 0.6 is 0 Å². The first-order valence-electron chi connectivity index (χ1n) is 8.76. The molecule has 1 aliphatic carbocycles. The molecule has 0 saturated heterocycles. The van der Waals surface area contributed by atoms with Crippen LogP contribution in [0.5, 0.6) is 0 Å². The molecule has 134 valence electrons. The molecule has 2 aromatic rings. The van der Waals surface area contributed by atoms with E-state index in [2.05, 4.69) is 15.5 Å². The van der Waals surface area contributed by atoms with Gasteiger partial charge in [0.15, 0.2) is 5.82 Å². The van der Waals surface area contributed by atoms with Crippen LogP contribution in [0.15, 0.2) is 28.8 Å². The van der Waals surface area contributed by atoms with E-state index in [9.17, 15) is 9.90 Å². The van der Waals surface area contributed by atoms with Crippen LogP contribution in [-0.4, -0.2) is 33.8 Å². The molecule has 1 saturated carbocycles. The number of hydrogen-bond acceptors (Lipinski definition) is 5. The van der Waals surface area contributed by atoms with Crippen LogP contribution in [0.25, 0.3) is 11.5 Å². The molecule has 1 aliphatic rings. The fraction of sp³-hybridized carbons (Fsp3) is 0.526. The van der Waals surface area contributed by atoms with Crippen LogP contribution in [0.3, 0.4) is 0 Å². The van der Waals surface area contributed by atoms with E-state index in [4.69, 9.17) is 4.52 Å². The van der Waals surface area contributed by atoms with Crippen molar-refractivity contribution in [1.29, 1.82) is 0 Å². The normalized spacial score (nSPS) is 20.6. The summed E-state index contributed by atoms with van der Waals surface area (Å²) in [4.78, 5) is 17.1. The Kier molecular flexibility index (Phi) is 4.90. The van der Waals surface area contributed by atoms with Crippen LogP contribution in [0.2, 0.25) is 0 Å². The highest BCUT2D eigenvalue weighted by atomic mass is 16.5. The van der Waals surface area contributed by atoms with Gasteiger partial charge in [0.1, 0.15) is 0 Å². The fourth-order valence-corrected chi connectivity index (χ4v) is 3.08. The predicted molar refractivity (Wildman–Crippen MR) is 94.1 cm³/mol. The van der Waals surface area contributed by atoms with E-state index >= 15 is 0 Å². The second kappa shape index (κ2) is 6.96. The zero-order valence-corrected chi connectivity index (χ0v) is 15.0. The summed E-state index contributed by atoms with van der Waals surface area (Å²) >= 11 is 0. The van der Waals surface area contributed by atoms with E-state index in [0.717, 1.165) is 19.3 Å². The topological polar surface area (TPSA) is 88.2 Å². The van der Waals surface area contributed by atoms with Crippen molar-refractivity contribution in [3.05, 3.63) is 35.7 Å². The van der Waals surface area contributed by atoms with Gasteiger partial charge in [-0.25, -0.2) is 0 Å². The largest absolute Gasteiger partial charge is 0.393 e. The van der Waals surface area contributed by atoms with Crippen molar-refractivity contribution in [2.75, 3.05) is 6.54 Å². The molecule has 1 aromatic heterocycles. The predicted octanol–water partition coefficient (Wildman–Crippen LogP) is 2.92. The van der Waals surface area contributed by atoms with Crippen LogP contribution in [0, 0.1) is 5.92 Å². The van der Waals surface area contributed by atoms with E-state index < -0.39 is 0 Å². The molecule has 2 unspecified atom stereocenters. The third-order valence-electron chi connectivity index (χ3n) is 4.64. The van der Waals surface area contributed by atoms with Crippen molar-refractivity contribution in [2.45, 2.75) is 51.6 Å². The zero-order valence-electron chi connectivity index (χ0n) is 15.0. The Bertz CT molecular complexity index is 748. The van der Waals surface area contributed by atoms with Gasteiger partial charge in [-0.2, -0.15) is 4.98 Å². The highest BCUT2D eigenvalue weighted by Gasteiger charge is 2.27. The number of benzene rings is 1. The molecule has 1 amide bonds. The van der Waals surface area contributed by atoms with Crippen molar-refractivity contribution in [2.24, 2.45) is 5.92 Å². The number of aliphatic hydroxyl groups excluding tert-OH is 1. The second-order valence-electron chi connectivity index (χ2n) is 7.69. The Morgan fingerprint density at radius 2 is 2.08 bits per heavy atom. The monoisotopic (exact) mass is 343 g/mol. The van der Waals surface area contributed by atoms with Gasteiger partial charge in [0.2, 0.25) is 0 Å². The second-order valence-corrected chi connectivity index (χ2v) is 7.69. The average Bonchev–Trinajstić information content (AvgIpc) is 3.21. The molecule has 1 aromatic carbocycles. The van der Waals surface area contributed by atoms with Crippen molar-refractivity contribution in [3.8, 4) is 11.5 Å². The number of hydrogen-bond donors (Lipinski definition) is 2. The minimum Gasteiger partial charge on any atom is -0.393 e. The number of amides is 1. The molecule has 0 bridgehead atoms. The molecule has 0 radical (unpaired) electrons. The Labute approximate surface area is 147 Å². The Morgan fingerprint density at radius 3 is 2.72 bits per heavy atom. The summed E-state index contributed by atoms with van der Waals surface area (Å²) in [7, 11) is 0. The van der Waals surface area contributed by atoms with E-state index in [1.54, 1.807) is 12.1 Å². The summed E-state index contributed by atoms with van der Waals surface area (Å²) in [6, 6.07) is 7.20. The Morgan fingerprint density at radius 1 is 1.32 bits per heavy atom. The molecule has 1 fully saturated rings. The summed E-state index contributed by atoms with van der Waals surface area (Å²) in [5.41, 5.74) is 0.895. The zero-order chi connectivity index (χ0) is 18.0. The number of nitrogens with zero attached hydrogens (tertiary/aromatic N) is 2. The smallest absolute Gasteiger partial charge is 0.258 e. The number of rotatable bonds is 4. The van der Waals surface area contributed by atoms with Gasteiger partial charge in [-0.05, 0) is 25.0 Å². The molecular formula is C19H25N3O3. The first-order chi connectivity index (χ1) is 11.9. The number of aliphatic hydroxyl groups is 1. The number of nitrogens with one attached hydrogen (secondary N) is 1. The first-order valence-corrected chi connectivity index (χ1v) is 8.76. The summed E-state index contributed by atoms with van der Waals surface area (Å²) in [5, 5.41) is 16.9. The van der Waals surface area contributed by atoms with Crippen LogP contribution in [0.1, 0.15) is 56.2 Å². The van der Waals surface area contributed by atoms with Gasteiger partial charge >= 0.3 is 0 Å². The molecule has 6 nitrogen and oxygen atoms in total. The molecule has 25 heavy (non-hydrogen) atoms. The Hall–Kier alpha value is -2.21. The SMILES string of the molecule is CC(C)(C)c1noc(-c2ccccc2C(=O)NCC2CCCC2O)n1. The molecule has 2 atom stereocenters. The molecule has 0 aliphatic heterocycles. The standard InChI is InChI=1S/C19H25N3O3/c1-19(2,3)18-21-17(25-22-18)14-9-5-4-8-13(14)16(24)20-11-12-7-6-10-15(12)23/h4-5,8-9,12,15,23H,6-7,10-11H2,1-3H3,(H,20,24). The highest BCUT2D eigenvalue weighted by molar-refractivity contribution is 5.99. The van der Waals surface area contributed by atoms with E-state index in [-0.39, 0.29) is 23.3 Å². The summed E-state index contributed by atoms with van der Waals surface area (Å²) in [6.45, 7) is 6.50. The molecular weight excluding hydrogens is 318 g/mol. The lowest BCUT2D eigenvalue weighted by atomic mass is 9.96. The number of aromatic nitrogens is 2. The molecule has 1 heterocycles. The minimum absolute atomic E-state index is 0.131. The van der Waals surface area contributed by atoms with Gasteiger partial charge in [0.25, 0.3) is 11.8 Å². The third kappa shape index (κ3) is 3.90. The van der Waals surface area contributed by atoms with Gasteiger partial charge in [-0.3, -0.25) is 4.79 Å². The van der Waals surface area contributed by atoms with Crippen molar-refractivity contribution in [1.82, 2.24) is 15.5 Å². The van der Waals surface area contributed by atoms with Gasteiger partial charge in [0.05, 0.1) is 17.2 Å². The molecule has 6 heteroatoms. The maximum absolute atomic E-state index is 12.6. The average molecular weight is 343 g/mol. The fourth-order valence-electron chi connectivity index (χ4n) is 3.08. The maximum Gasteiger partial charge on any atom is 0.258 e. The van der Waals surface area contributed by atoms with Gasteiger partial charge in [-0.15, -0.1) is 0 Å². The number of carbonyl (C=O) groups excluding carboxylic acids is 1. The van der Waals surface area contributed by atoms with Crippen LogP contribution in [-0.2, 0) is 5.41 Å². The van der Waals surface area contributed by atoms with Crippen molar-refractivity contribution >= 4 is 5.91 Å². The van der Waals surface area contributed by atoms with Crippen molar-refractivity contribution in [3.63, 3.8) is 0 Å². The Balaban J connectivity index is 1.78. The summed E-state index contributed by atoms with van der Waals surface area (Å²) in [6.07, 6.45) is 2.45.